The Bertz CT molecular complexity index is 140. The average molecular weight is 217 g/mol. The van der Waals surface area contributed by atoms with Crippen molar-refractivity contribution in [1.29, 1.82) is 0 Å². The predicted octanol–water partition coefficient (Wildman–Crippen LogP) is 1.61. The lowest BCUT2D eigenvalue weighted by atomic mass is 9.76. The molecule has 2 nitrogen and oxygen atoms in total. The molecule has 0 aliphatic heterocycles. The molecule has 0 aliphatic rings. The first-order valence-electron chi connectivity index (χ1n) is 5.92. The fourth-order valence-electron chi connectivity index (χ4n) is 2.56. The van der Waals surface area contributed by atoms with E-state index >= 15 is 0 Å². The van der Waals surface area contributed by atoms with Crippen LogP contribution in [-0.2, 0) is 4.43 Å². The third-order valence-corrected chi connectivity index (χ3v) is 4.52. The first kappa shape index (κ1) is 14.1. The Labute approximate surface area is 92.1 Å². The third-order valence-electron chi connectivity index (χ3n) is 3.71. The van der Waals surface area contributed by atoms with E-state index in [4.69, 9.17) is 10.2 Å². The maximum atomic E-state index is 6.18. The van der Waals surface area contributed by atoms with E-state index in [0.29, 0.717) is 5.92 Å². The van der Waals surface area contributed by atoms with E-state index in [1.54, 1.807) is 0 Å². The minimum absolute atomic E-state index is 0.0520. The van der Waals surface area contributed by atoms with Crippen molar-refractivity contribution in [3.63, 3.8) is 0 Å². The molecule has 0 bridgehead atoms. The van der Waals surface area contributed by atoms with Crippen LogP contribution < -0.4 is 5.73 Å². The van der Waals surface area contributed by atoms with Crippen LogP contribution in [0.1, 0.15) is 53.4 Å². The minimum atomic E-state index is 0.0520. The number of hydrogen-bond donors (Lipinski definition) is 1. The number of nitrogens with two attached hydrogens (primary N) is 1. The molecule has 0 aromatic rings. The molecular formula is C11H27NOSi. The second-order valence-corrected chi connectivity index (χ2v) is 4.47. The molecule has 2 atom stereocenters. The van der Waals surface area contributed by atoms with Crippen molar-refractivity contribution >= 4 is 10.5 Å². The van der Waals surface area contributed by atoms with Gasteiger partial charge < -0.3 is 10.2 Å². The fraction of sp³-hybridized carbons (Fsp3) is 1.00. The molecule has 0 heterocycles. The van der Waals surface area contributed by atoms with Gasteiger partial charge in [0.2, 0.25) is 0 Å². The van der Waals surface area contributed by atoms with Crippen molar-refractivity contribution in [2.75, 3.05) is 0 Å². The highest BCUT2D eigenvalue weighted by molar-refractivity contribution is 5.98. The van der Waals surface area contributed by atoms with Crippen LogP contribution in [0, 0.1) is 5.92 Å². The Morgan fingerprint density at radius 3 is 1.86 bits per heavy atom. The van der Waals surface area contributed by atoms with Crippen LogP contribution in [0.5, 0.6) is 0 Å². The molecule has 3 heteroatoms. The Morgan fingerprint density at radius 2 is 1.64 bits per heavy atom. The van der Waals surface area contributed by atoms with E-state index in [1.807, 2.05) is 0 Å². The number of hydrogen-bond acceptors (Lipinski definition) is 2. The van der Waals surface area contributed by atoms with E-state index in [1.165, 1.54) is 0 Å². The summed E-state index contributed by atoms with van der Waals surface area (Å²) in [4.78, 5) is 0. The summed E-state index contributed by atoms with van der Waals surface area (Å²) in [6, 6.07) is 0.286. The predicted molar refractivity (Wildman–Crippen MR) is 66.4 cm³/mol. The smallest absolute Gasteiger partial charge is 0.146 e. The topological polar surface area (TPSA) is 35.2 Å². The van der Waals surface area contributed by atoms with E-state index < -0.39 is 0 Å². The van der Waals surface area contributed by atoms with Gasteiger partial charge in [-0.1, -0.05) is 27.7 Å². The van der Waals surface area contributed by atoms with Gasteiger partial charge in [0.15, 0.2) is 0 Å². The van der Waals surface area contributed by atoms with Gasteiger partial charge in [-0.2, -0.15) is 0 Å². The van der Waals surface area contributed by atoms with Crippen molar-refractivity contribution in [2.24, 2.45) is 11.7 Å². The van der Waals surface area contributed by atoms with Crippen LogP contribution >= 0.6 is 0 Å². The zero-order valence-corrected chi connectivity index (χ0v) is 12.5. The van der Waals surface area contributed by atoms with Gasteiger partial charge in [-0.05, 0) is 25.7 Å². The maximum Gasteiger partial charge on any atom is 0.146 e. The highest BCUT2D eigenvalue weighted by Crippen LogP contribution is 2.33. The molecule has 2 unspecified atom stereocenters. The minimum Gasteiger partial charge on any atom is -0.422 e. The first-order valence-corrected chi connectivity index (χ1v) is 6.74. The van der Waals surface area contributed by atoms with Gasteiger partial charge >= 0.3 is 0 Å². The van der Waals surface area contributed by atoms with Crippen molar-refractivity contribution in [1.82, 2.24) is 0 Å². The highest BCUT2D eigenvalue weighted by Gasteiger charge is 2.36. The molecule has 0 rings (SSSR count). The van der Waals surface area contributed by atoms with Gasteiger partial charge in [0.1, 0.15) is 10.5 Å². The molecule has 0 spiro atoms. The lowest BCUT2D eigenvalue weighted by molar-refractivity contribution is -0.00654. The largest absolute Gasteiger partial charge is 0.422 e. The van der Waals surface area contributed by atoms with Gasteiger partial charge in [-0.25, -0.2) is 0 Å². The zero-order chi connectivity index (χ0) is 11.2. The van der Waals surface area contributed by atoms with Crippen molar-refractivity contribution in [3.05, 3.63) is 0 Å². The molecule has 0 amide bonds. The molecule has 86 valence electrons. The Hall–Kier alpha value is 0.137. The molecule has 0 radical (unpaired) electrons. The fourth-order valence-corrected chi connectivity index (χ4v) is 3.44. The Balaban J connectivity index is 4.73. The van der Waals surface area contributed by atoms with Crippen LogP contribution in [-0.4, -0.2) is 22.1 Å². The van der Waals surface area contributed by atoms with E-state index in [9.17, 15) is 0 Å². The standard InChI is InChI=1S/C11H27NOSi/c1-5-9(10(12)6-2)11(7-3,8-4)13-14/h9-10H,5-8,12H2,1-4,14H3. The number of rotatable bonds is 7. The summed E-state index contributed by atoms with van der Waals surface area (Å²) in [5.74, 6) is 0.514. The van der Waals surface area contributed by atoms with Crippen LogP contribution in [0.3, 0.4) is 0 Å². The zero-order valence-electron chi connectivity index (χ0n) is 10.5. The Morgan fingerprint density at radius 1 is 1.14 bits per heavy atom. The van der Waals surface area contributed by atoms with E-state index in [-0.39, 0.29) is 11.6 Å². The molecule has 2 N–H and O–H groups in total. The molecule has 0 aromatic heterocycles. The van der Waals surface area contributed by atoms with Gasteiger partial charge in [-0.3, -0.25) is 0 Å². The SMILES string of the molecule is CCC(N)C(CC)C(CC)(CC)O[SiH3]. The Kier molecular flexibility index (Phi) is 6.65. The third kappa shape index (κ3) is 2.81. The van der Waals surface area contributed by atoms with Crippen LogP contribution in [0.15, 0.2) is 0 Å². The van der Waals surface area contributed by atoms with Gasteiger partial charge in [-0.15, -0.1) is 0 Å². The second-order valence-electron chi connectivity index (χ2n) is 4.06. The summed E-state index contributed by atoms with van der Waals surface area (Å²) in [6.45, 7) is 8.82. The lowest BCUT2D eigenvalue weighted by Crippen LogP contribution is -2.48. The summed E-state index contributed by atoms with van der Waals surface area (Å²) < 4.78 is 5.87. The molecule has 14 heavy (non-hydrogen) atoms. The quantitative estimate of drug-likeness (QED) is 0.658. The monoisotopic (exact) mass is 217 g/mol. The molecule has 0 aromatic carbocycles. The van der Waals surface area contributed by atoms with Crippen LogP contribution in [0.4, 0.5) is 0 Å². The first-order chi connectivity index (χ1) is 6.61. The van der Waals surface area contributed by atoms with Crippen LogP contribution in [0.25, 0.3) is 0 Å². The maximum absolute atomic E-state index is 6.18. The summed E-state index contributed by atoms with van der Waals surface area (Å²) in [6.07, 6.45) is 4.34. The summed E-state index contributed by atoms with van der Waals surface area (Å²) in [7, 11) is 0.811. The van der Waals surface area contributed by atoms with Gasteiger partial charge in [0.25, 0.3) is 0 Å². The average Bonchev–Trinajstić information content (AvgIpc) is 2.25. The van der Waals surface area contributed by atoms with Crippen molar-refractivity contribution in [3.8, 4) is 0 Å². The van der Waals surface area contributed by atoms with Crippen LogP contribution in [0.2, 0.25) is 0 Å². The van der Waals surface area contributed by atoms with E-state index in [2.05, 4.69) is 27.7 Å². The summed E-state index contributed by atoms with van der Waals surface area (Å²) in [5.41, 5.74) is 6.23. The normalized spacial score (nSPS) is 16.9. The van der Waals surface area contributed by atoms with Gasteiger partial charge in [0, 0.05) is 12.0 Å². The summed E-state index contributed by atoms with van der Waals surface area (Å²) in [5, 5.41) is 0. The molecule has 0 saturated heterocycles. The lowest BCUT2D eigenvalue weighted by Gasteiger charge is -2.41. The van der Waals surface area contributed by atoms with Crippen molar-refractivity contribution < 1.29 is 4.43 Å². The van der Waals surface area contributed by atoms with Crippen molar-refractivity contribution in [2.45, 2.75) is 65.0 Å². The van der Waals surface area contributed by atoms with E-state index in [0.717, 1.165) is 36.2 Å². The molecular weight excluding hydrogens is 190 g/mol. The second kappa shape index (κ2) is 6.59. The molecule has 0 saturated carbocycles. The highest BCUT2D eigenvalue weighted by atomic mass is 28.2. The summed E-state index contributed by atoms with van der Waals surface area (Å²) >= 11 is 0. The van der Waals surface area contributed by atoms with Gasteiger partial charge in [0.05, 0.1) is 5.60 Å². The molecule has 0 fully saturated rings. The molecule has 0 aliphatic carbocycles.